The van der Waals surface area contributed by atoms with Crippen LogP contribution in [0.4, 0.5) is 0 Å². The predicted molar refractivity (Wildman–Crippen MR) is 44.1 cm³/mol. The summed E-state index contributed by atoms with van der Waals surface area (Å²) in [6.45, 7) is 5.80. The molecule has 0 saturated carbocycles. The van der Waals surface area contributed by atoms with Crippen molar-refractivity contribution in [3.63, 3.8) is 0 Å². The fourth-order valence-corrected chi connectivity index (χ4v) is 1.16. The maximum atomic E-state index is 8.83. The van der Waals surface area contributed by atoms with Crippen molar-refractivity contribution in [1.29, 1.82) is 5.26 Å². The fourth-order valence-electron chi connectivity index (χ4n) is 1.16. The minimum atomic E-state index is -0.268. The highest BCUT2D eigenvalue weighted by Gasteiger charge is 2.37. The number of nitrogens with zero attached hydrogens (tertiary/aromatic N) is 1. The van der Waals surface area contributed by atoms with E-state index in [-0.39, 0.29) is 5.54 Å². The Hall–Kier alpha value is -0.590. The Kier molecular flexibility index (Phi) is 2.48. The van der Waals surface area contributed by atoms with Crippen LogP contribution in [0.5, 0.6) is 0 Å². The third-order valence-electron chi connectivity index (χ3n) is 2.20. The quantitative estimate of drug-likeness (QED) is 0.610. The molecule has 1 atom stereocenters. The molecule has 1 heterocycles. The van der Waals surface area contributed by atoms with Crippen LogP contribution in [0.25, 0.3) is 0 Å². The van der Waals surface area contributed by atoms with Crippen LogP contribution in [-0.2, 0) is 0 Å². The Balaban J connectivity index is 2.40. The molecule has 11 heavy (non-hydrogen) atoms. The summed E-state index contributed by atoms with van der Waals surface area (Å²) in [4.78, 5) is 0. The molecule has 1 aliphatic rings. The molecule has 0 radical (unpaired) electrons. The summed E-state index contributed by atoms with van der Waals surface area (Å²) in [5.41, 5.74) is -0.268. The van der Waals surface area contributed by atoms with Crippen LogP contribution in [0, 0.1) is 11.3 Å². The molecule has 3 nitrogen and oxygen atoms in total. The number of rotatable bonds is 3. The van der Waals surface area contributed by atoms with Crippen molar-refractivity contribution in [3.05, 3.63) is 0 Å². The molecule has 0 aromatic heterocycles. The summed E-state index contributed by atoms with van der Waals surface area (Å²) in [6, 6.07) is 2.75. The van der Waals surface area contributed by atoms with E-state index < -0.39 is 0 Å². The van der Waals surface area contributed by atoms with Crippen molar-refractivity contribution in [2.75, 3.05) is 13.1 Å². The monoisotopic (exact) mass is 153 g/mol. The van der Waals surface area contributed by atoms with Gasteiger partial charge in [-0.3, -0.25) is 5.32 Å². The Morgan fingerprint density at radius 3 is 2.64 bits per heavy atom. The third-order valence-corrected chi connectivity index (χ3v) is 2.20. The third kappa shape index (κ3) is 1.70. The highest BCUT2D eigenvalue weighted by Crippen LogP contribution is 2.10. The molecule has 0 aromatic rings. The average Bonchev–Trinajstić information content (AvgIpc) is 1.96. The standard InChI is InChI=1S/C8H15N3/c1-3-7(2)11-8(4-9)5-10-6-8/h7,10-11H,3,5-6H2,1-2H3. The van der Waals surface area contributed by atoms with Crippen molar-refractivity contribution in [2.24, 2.45) is 0 Å². The van der Waals surface area contributed by atoms with E-state index in [1.807, 2.05) is 0 Å². The van der Waals surface area contributed by atoms with Gasteiger partial charge in [0.15, 0.2) is 0 Å². The van der Waals surface area contributed by atoms with Crippen molar-refractivity contribution in [3.8, 4) is 6.07 Å². The van der Waals surface area contributed by atoms with E-state index >= 15 is 0 Å². The van der Waals surface area contributed by atoms with Gasteiger partial charge in [0.1, 0.15) is 5.54 Å². The van der Waals surface area contributed by atoms with E-state index in [1.165, 1.54) is 0 Å². The minimum Gasteiger partial charge on any atom is -0.311 e. The zero-order valence-electron chi connectivity index (χ0n) is 7.15. The SMILES string of the molecule is CCC(C)NC1(C#N)CNC1. The van der Waals surface area contributed by atoms with E-state index in [0.29, 0.717) is 6.04 Å². The zero-order chi connectivity index (χ0) is 8.32. The highest BCUT2D eigenvalue weighted by molar-refractivity contribution is 5.16. The summed E-state index contributed by atoms with van der Waals surface area (Å²) >= 11 is 0. The van der Waals surface area contributed by atoms with Gasteiger partial charge in [-0.2, -0.15) is 5.26 Å². The molecule has 3 heteroatoms. The fraction of sp³-hybridized carbons (Fsp3) is 0.875. The number of nitrogens with one attached hydrogen (secondary N) is 2. The van der Waals surface area contributed by atoms with Crippen LogP contribution in [-0.4, -0.2) is 24.7 Å². The Bertz CT molecular complexity index is 167. The molecule has 0 amide bonds. The first kappa shape index (κ1) is 8.51. The molecule has 0 spiro atoms. The van der Waals surface area contributed by atoms with Crippen LogP contribution in [0.3, 0.4) is 0 Å². The van der Waals surface area contributed by atoms with Crippen molar-refractivity contribution < 1.29 is 0 Å². The maximum absolute atomic E-state index is 8.83. The van der Waals surface area contributed by atoms with E-state index in [9.17, 15) is 0 Å². The molecule has 0 bridgehead atoms. The molecule has 1 saturated heterocycles. The van der Waals surface area contributed by atoms with Crippen molar-refractivity contribution in [2.45, 2.75) is 31.8 Å². The Morgan fingerprint density at radius 2 is 2.36 bits per heavy atom. The molecular weight excluding hydrogens is 138 g/mol. The Labute approximate surface area is 67.8 Å². The zero-order valence-corrected chi connectivity index (χ0v) is 7.15. The van der Waals surface area contributed by atoms with Gasteiger partial charge in [-0.05, 0) is 13.3 Å². The number of hydrogen-bond acceptors (Lipinski definition) is 3. The van der Waals surface area contributed by atoms with Crippen LogP contribution in [0.2, 0.25) is 0 Å². The maximum Gasteiger partial charge on any atom is 0.132 e. The van der Waals surface area contributed by atoms with Gasteiger partial charge < -0.3 is 5.32 Å². The predicted octanol–water partition coefficient (Wildman–Crippen LogP) is 0.240. The van der Waals surface area contributed by atoms with Gasteiger partial charge in [-0.15, -0.1) is 0 Å². The second kappa shape index (κ2) is 3.21. The molecule has 62 valence electrons. The normalized spacial score (nSPS) is 23.4. The van der Waals surface area contributed by atoms with Crippen LogP contribution in [0.15, 0.2) is 0 Å². The molecule has 0 aliphatic carbocycles. The molecule has 0 aromatic carbocycles. The lowest BCUT2D eigenvalue weighted by molar-refractivity contribution is 0.257. The first-order valence-corrected chi connectivity index (χ1v) is 4.12. The molecule has 1 fully saturated rings. The average molecular weight is 153 g/mol. The lowest BCUT2D eigenvalue weighted by Crippen LogP contribution is -2.68. The van der Waals surface area contributed by atoms with Crippen LogP contribution < -0.4 is 10.6 Å². The highest BCUT2D eigenvalue weighted by atomic mass is 15.2. The van der Waals surface area contributed by atoms with Gasteiger partial charge in [0.05, 0.1) is 6.07 Å². The summed E-state index contributed by atoms with van der Waals surface area (Å²) in [5.74, 6) is 0. The second-order valence-electron chi connectivity index (χ2n) is 3.25. The molecule has 2 N–H and O–H groups in total. The smallest absolute Gasteiger partial charge is 0.132 e. The van der Waals surface area contributed by atoms with E-state index in [4.69, 9.17) is 5.26 Å². The van der Waals surface area contributed by atoms with E-state index in [0.717, 1.165) is 19.5 Å². The largest absolute Gasteiger partial charge is 0.311 e. The molecule has 1 unspecified atom stereocenters. The van der Waals surface area contributed by atoms with Crippen LogP contribution >= 0.6 is 0 Å². The molecule has 1 rings (SSSR count). The van der Waals surface area contributed by atoms with Gasteiger partial charge in [-0.1, -0.05) is 6.92 Å². The molecule has 1 aliphatic heterocycles. The van der Waals surface area contributed by atoms with E-state index in [1.54, 1.807) is 0 Å². The van der Waals surface area contributed by atoms with Crippen molar-refractivity contribution in [1.82, 2.24) is 10.6 Å². The summed E-state index contributed by atoms with van der Waals surface area (Å²) in [5, 5.41) is 15.2. The lowest BCUT2D eigenvalue weighted by Gasteiger charge is -2.39. The van der Waals surface area contributed by atoms with Gasteiger partial charge in [0, 0.05) is 19.1 Å². The topological polar surface area (TPSA) is 47.9 Å². The minimum absolute atomic E-state index is 0.268. The van der Waals surface area contributed by atoms with Crippen molar-refractivity contribution >= 4 is 0 Å². The Morgan fingerprint density at radius 1 is 1.73 bits per heavy atom. The number of nitriles is 1. The first-order valence-electron chi connectivity index (χ1n) is 4.12. The summed E-state index contributed by atoms with van der Waals surface area (Å²) < 4.78 is 0. The van der Waals surface area contributed by atoms with Gasteiger partial charge in [-0.25, -0.2) is 0 Å². The van der Waals surface area contributed by atoms with Gasteiger partial charge in [0.2, 0.25) is 0 Å². The summed E-state index contributed by atoms with van der Waals surface area (Å²) in [6.07, 6.45) is 1.07. The lowest BCUT2D eigenvalue weighted by atomic mass is 9.93. The molecular formula is C8H15N3. The number of hydrogen-bond donors (Lipinski definition) is 2. The second-order valence-corrected chi connectivity index (χ2v) is 3.25. The van der Waals surface area contributed by atoms with Crippen LogP contribution in [0.1, 0.15) is 20.3 Å². The summed E-state index contributed by atoms with van der Waals surface area (Å²) in [7, 11) is 0. The van der Waals surface area contributed by atoms with Gasteiger partial charge >= 0.3 is 0 Å². The van der Waals surface area contributed by atoms with E-state index in [2.05, 4.69) is 30.6 Å². The first-order chi connectivity index (χ1) is 5.22. The van der Waals surface area contributed by atoms with Gasteiger partial charge in [0.25, 0.3) is 0 Å².